The number of benzene rings is 1. The van der Waals surface area contributed by atoms with Gasteiger partial charge in [0.25, 0.3) is 0 Å². The third kappa shape index (κ3) is 1.51. The summed E-state index contributed by atoms with van der Waals surface area (Å²) in [5, 5.41) is 17.5. The van der Waals surface area contributed by atoms with Crippen LogP contribution in [0.25, 0.3) is 5.69 Å². The minimum absolute atomic E-state index is 0.0585. The molecular weight excluding hydrogens is 200 g/mol. The Hall–Kier alpha value is -1.69. The molecule has 72 valence electrons. The van der Waals surface area contributed by atoms with Crippen LogP contribution < -0.4 is 5.73 Å². The Bertz CT molecular complexity index is 468. The van der Waals surface area contributed by atoms with E-state index in [1.165, 1.54) is 10.7 Å². The second-order valence-corrected chi connectivity index (χ2v) is 3.23. The summed E-state index contributed by atoms with van der Waals surface area (Å²) in [4.78, 5) is 0. The Labute approximate surface area is 85.6 Å². The van der Waals surface area contributed by atoms with Crippen LogP contribution in [-0.4, -0.2) is 20.1 Å². The number of anilines is 1. The monoisotopic (exact) mass is 208 g/mol. The van der Waals surface area contributed by atoms with E-state index in [0.717, 1.165) is 0 Å². The number of phenolic OH excluding ortho intramolecular Hbond substituents is 1. The average molecular weight is 208 g/mol. The van der Waals surface area contributed by atoms with Crippen molar-refractivity contribution in [1.82, 2.24) is 15.0 Å². The maximum atomic E-state index is 9.56. The fourth-order valence-corrected chi connectivity index (χ4v) is 1.26. The Balaban J connectivity index is 2.52. The molecule has 0 aliphatic heterocycles. The van der Waals surface area contributed by atoms with Gasteiger partial charge in [0.05, 0.1) is 6.20 Å². The maximum absolute atomic E-state index is 9.56. The first-order valence-corrected chi connectivity index (χ1v) is 4.32. The molecule has 5 nitrogen and oxygen atoms in total. The highest BCUT2D eigenvalue weighted by Crippen LogP contribution is 2.23. The van der Waals surface area contributed by atoms with Crippen molar-refractivity contribution in [2.24, 2.45) is 0 Å². The molecule has 0 atom stereocenters. The smallest absolute Gasteiger partial charge is 0.143 e. The van der Waals surface area contributed by atoms with E-state index in [1.54, 1.807) is 18.3 Å². The summed E-state index contributed by atoms with van der Waals surface area (Å²) in [7, 11) is 0. The molecule has 0 radical (unpaired) electrons. The van der Waals surface area contributed by atoms with Crippen LogP contribution in [0.5, 0.6) is 5.75 Å². The fourth-order valence-electron chi connectivity index (χ4n) is 1.11. The lowest BCUT2D eigenvalue weighted by Crippen LogP contribution is -1.96. The molecule has 3 N–H and O–H groups in total. The van der Waals surface area contributed by atoms with Gasteiger partial charge in [-0.25, -0.2) is 4.68 Å². The molecule has 0 aliphatic rings. The van der Waals surface area contributed by atoms with E-state index < -0.39 is 0 Å². The molecular formula is C8H8N4OS. The Morgan fingerprint density at radius 1 is 1.43 bits per heavy atom. The van der Waals surface area contributed by atoms with Crippen molar-refractivity contribution in [2.75, 3.05) is 5.73 Å². The SMILES string of the molecule is Nc1ccc(-n2cc(S)nn2)c(O)c1. The summed E-state index contributed by atoms with van der Waals surface area (Å²) in [5.41, 5.74) is 6.51. The van der Waals surface area contributed by atoms with Gasteiger partial charge in [0.15, 0.2) is 0 Å². The van der Waals surface area contributed by atoms with Gasteiger partial charge in [0.2, 0.25) is 0 Å². The lowest BCUT2D eigenvalue weighted by atomic mass is 10.2. The van der Waals surface area contributed by atoms with Crippen molar-refractivity contribution < 1.29 is 5.11 Å². The minimum Gasteiger partial charge on any atom is -0.506 e. The fraction of sp³-hybridized carbons (Fsp3) is 0. The van der Waals surface area contributed by atoms with Crippen LogP contribution in [-0.2, 0) is 0 Å². The average Bonchev–Trinajstić information content (AvgIpc) is 2.51. The van der Waals surface area contributed by atoms with E-state index in [9.17, 15) is 5.11 Å². The van der Waals surface area contributed by atoms with E-state index in [-0.39, 0.29) is 5.75 Å². The number of thiol groups is 1. The molecule has 0 saturated carbocycles. The molecule has 0 fully saturated rings. The van der Waals surface area contributed by atoms with Crippen LogP contribution in [0.2, 0.25) is 0 Å². The molecule has 2 aromatic rings. The van der Waals surface area contributed by atoms with Gasteiger partial charge in [-0.3, -0.25) is 0 Å². The quantitative estimate of drug-likeness (QED) is 0.479. The molecule has 14 heavy (non-hydrogen) atoms. The van der Waals surface area contributed by atoms with Gasteiger partial charge in [0, 0.05) is 11.8 Å². The molecule has 0 unspecified atom stereocenters. The summed E-state index contributed by atoms with van der Waals surface area (Å²) >= 11 is 4.01. The number of nitrogen functional groups attached to an aromatic ring is 1. The van der Waals surface area contributed by atoms with Crippen molar-refractivity contribution in [1.29, 1.82) is 0 Å². The molecule has 0 amide bonds. The van der Waals surface area contributed by atoms with Crippen molar-refractivity contribution in [3.63, 3.8) is 0 Å². The summed E-state index contributed by atoms with van der Waals surface area (Å²) in [6.07, 6.45) is 1.59. The second-order valence-electron chi connectivity index (χ2n) is 2.77. The van der Waals surface area contributed by atoms with Crippen LogP contribution in [0.1, 0.15) is 0 Å². The normalized spacial score (nSPS) is 10.4. The molecule has 0 aliphatic carbocycles. The second kappa shape index (κ2) is 3.22. The Morgan fingerprint density at radius 2 is 2.21 bits per heavy atom. The summed E-state index contributed by atoms with van der Waals surface area (Å²) in [5.74, 6) is 0.0585. The van der Waals surface area contributed by atoms with E-state index >= 15 is 0 Å². The number of phenols is 1. The summed E-state index contributed by atoms with van der Waals surface area (Å²) in [6, 6.07) is 4.79. The van der Waals surface area contributed by atoms with E-state index in [2.05, 4.69) is 22.9 Å². The summed E-state index contributed by atoms with van der Waals surface area (Å²) in [6.45, 7) is 0. The van der Waals surface area contributed by atoms with Gasteiger partial charge in [-0.05, 0) is 12.1 Å². The predicted molar refractivity (Wildman–Crippen MR) is 54.7 cm³/mol. The molecule has 1 heterocycles. The largest absolute Gasteiger partial charge is 0.506 e. The lowest BCUT2D eigenvalue weighted by molar-refractivity contribution is 0.470. The zero-order valence-electron chi connectivity index (χ0n) is 7.12. The van der Waals surface area contributed by atoms with Crippen LogP contribution in [0, 0.1) is 0 Å². The lowest BCUT2D eigenvalue weighted by Gasteiger charge is -2.03. The number of hydrogen-bond acceptors (Lipinski definition) is 5. The van der Waals surface area contributed by atoms with Gasteiger partial charge in [0.1, 0.15) is 16.5 Å². The molecule has 0 saturated heterocycles. The molecule has 1 aromatic carbocycles. The highest BCUT2D eigenvalue weighted by molar-refractivity contribution is 7.80. The standard InChI is InChI=1S/C8H8N4OS/c9-5-1-2-6(7(13)3-5)12-4-8(14)10-11-12/h1-4,13-14H,9H2. The first kappa shape index (κ1) is 8.89. The van der Waals surface area contributed by atoms with E-state index in [4.69, 9.17) is 5.73 Å². The molecule has 1 aromatic heterocycles. The molecule has 0 bridgehead atoms. The van der Waals surface area contributed by atoms with Crippen LogP contribution >= 0.6 is 12.6 Å². The van der Waals surface area contributed by atoms with Crippen LogP contribution in [0.15, 0.2) is 29.4 Å². The number of aromatic hydroxyl groups is 1. The van der Waals surface area contributed by atoms with Crippen molar-refractivity contribution >= 4 is 18.3 Å². The maximum Gasteiger partial charge on any atom is 0.143 e. The third-order valence-corrected chi connectivity index (χ3v) is 1.93. The number of nitrogens with zero attached hydrogens (tertiary/aromatic N) is 3. The van der Waals surface area contributed by atoms with Crippen molar-refractivity contribution in [2.45, 2.75) is 5.03 Å². The first-order chi connectivity index (χ1) is 6.66. The number of rotatable bonds is 1. The van der Waals surface area contributed by atoms with Gasteiger partial charge in [-0.1, -0.05) is 5.21 Å². The van der Waals surface area contributed by atoms with Crippen molar-refractivity contribution in [3.05, 3.63) is 24.4 Å². The highest BCUT2D eigenvalue weighted by Gasteiger charge is 2.05. The number of nitrogens with two attached hydrogens (primary N) is 1. The zero-order chi connectivity index (χ0) is 10.1. The molecule has 0 spiro atoms. The topological polar surface area (TPSA) is 77.0 Å². The number of aromatic nitrogens is 3. The van der Waals surface area contributed by atoms with E-state index in [0.29, 0.717) is 16.4 Å². The van der Waals surface area contributed by atoms with Crippen LogP contribution in [0.4, 0.5) is 5.69 Å². The first-order valence-electron chi connectivity index (χ1n) is 3.87. The minimum atomic E-state index is 0.0585. The summed E-state index contributed by atoms with van der Waals surface area (Å²) < 4.78 is 1.43. The van der Waals surface area contributed by atoms with E-state index in [1.807, 2.05) is 0 Å². The predicted octanol–water partition coefficient (Wildman–Crippen LogP) is 0.844. The zero-order valence-corrected chi connectivity index (χ0v) is 8.02. The molecule has 2 rings (SSSR count). The number of hydrogen-bond donors (Lipinski definition) is 3. The van der Waals surface area contributed by atoms with Gasteiger partial charge in [-0.15, -0.1) is 17.7 Å². The third-order valence-electron chi connectivity index (χ3n) is 1.73. The van der Waals surface area contributed by atoms with Gasteiger partial charge >= 0.3 is 0 Å². The van der Waals surface area contributed by atoms with Gasteiger partial charge in [-0.2, -0.15) is 0 Å². The Kier molecular flexibility index (Phi) is 2.05. The Morgan fingerprint density at radius 3 is 2.79 bits per heavy atom. The van der Waals surface area contributed by atoms with Crippen molar-refractivity contribution in [3.8, 4) is 11.4 Å². The highest BCUT2D eigenvalue weighted by atomic mass is 32.1. The van der Waals surface area contributed by atoms with Gasteiger partial charge < -0.3 is 10.8 Å². The molecule has 6 heteroatoms. The van der Waals surface area contributed by atoms with Crippen LogP contribution in [0.3, 0.4) is 0 Å².